The van der Waals surface area contributed by atoms with Crippen molar-refractivity contribution in [2.45, 2.75) is 108 Å². The number of likely N-dealkylation sites (tertiary alicyclic amines) is 1. The molecular weight excluding hydrogens is 553 g/mol. The van der Waals surface area contributed by atoms with Crippen LogP contribution in [0.3, 0.4) is 0 Å². The van der Waals surface area contributed by atoms with Gasteiger partial charge in [-0.1, -0.05) is 74.9 Å². The molecule has 2 aliphatic carbocycles. The normalized spacial score (nSPS) is 20.7. The fourth-order valence-electron chi connectivity index (χ4n) is 6.01. The van der Waals surface area contributed by atoms with Gasteiger partial charge < -0.3 is 24.4 Å². The van der Waals surface area contributed by atoms with Crippen molar-refractivity contribution in [1.82, 2.24) is 15.3 Å². The largest absolute Gasteiger partial charge is 0.513 e. The maximum atomic E-state index is 13.5. The number of carboxylic acids is 1. The minimum absolute atomic E-state index is 0.309. The zero-order chi connectivity index (χ0) is 29.8. The third-order valence-electron chi connectivity index (χ3n) is 8.16. The Morgan fingerprint density at radius 1 is 0.786 bits per heavy atom. The Bertz CT molecular complexity index is 1090. The lowest BCUT2D eigenvalue weighted by atomic mass is 9.91. The number of hydrogen-bond acceptors (Lipinski definition) is 6. The summed E-state index contributed by atoms with van der Waals surface area (Å²) in [5.74, 6) is -0.900. The molecule has 0 spiro atoms. The molecule has 1 aliphatic heterocycles. The van der Waals surface area contributed by atoms with E-state index in [-0.39, 0.29) is 0 Å². The summed E-state index contributed by atoms with van der Waals surface area (Å²) in [5, 5.41) is 15.8. The molecule has 9 nitrogen and oxygen atoms in total. The third-order valence-corrected chi connectivity index (χ3v) is 9.77. The number of nitrogens with zero attached hydrogens (tertiary/aromatic N) is 1. The molecule has 2 atom stereocenters. The van der Waals surface area contributed by atoms with Crippen LogP contribution in [-0.2, 0) is 14.2 Å². The van der Waals surface area contributed by atoms with E-state index in [0.29, 0.717) is 30.9 Å². The van der Waals surface area contributed by atoms with Crippen LogP contribution in [0.4, 0.5) is 0 Å². The summed E-state index contributed by atoms with van der Waals surface area (Å²) in [7, 11) is -4.00. The molecule has 3 fully saturated rings. The molecule has 0 bridgehead atoms. The van der Waals surface area contributed by atoms with Crippen molar-refractivity contribution in [3.63, 3.8) is 0 Å². The molecule has 42 heavy (non-hydrogen) atoms. The van der Waals surface area contributed by atoms with Crippen molar-refractivity contribution in [2.24, 2.45) is 0 Å². The number of rotatable bonds is 10. The topological polar surface area (TPSA) is 117 Å². The quantitative estimate of drug-likeness (QED) is 0.263. The van der Waals surface area contributed by atoms with Crippen molar-refractivity contribution in [2.75, 3.05) is 6.54 Å². The van der Waals surface area contributed by atoms with Crippen LogP contribution in [-0.4, -0.2) is 52.6 Å². The van der Waals surface area contributed by atoms with Gasteiger partial charge in [0, 0.05) is 18.6 Å². The molecule has 1 saturated heterocycles. The minimum atomic E-state index is -4.00. The van der Waals surface area contributed by atoms with E-state index in [1.165, 1.54) is 76.0 Å². The standard InChI is InChI=1S/C20H23N2O6P.C12H23N/c1-15(19(23)22-14-8-13-18(22)20(24)25)21-29(26,27-16-9-4-2-5-10-16)28-17-11-6-3-7-12-17;1-3-7-11(8-4-1)13-12-9-5-2-6-10-12/h2-7,9-12,15,18H,8,13-14H2,1H3,(H,21,26)(H,24,25);11-13H,1-10H2/t15-,18-;/m0./s1. The van der Waals surface area contributed by atoms with E-state index in [4.69, 9.17) is 9.05 Å². The minimum Gasteiger partial charge on any atom is -0.480 e. The zero-order valence-corrected chi connectivity index (χ0v) is 25.6. The molecule has 1 amide bonds. The summed E-state index contributed by atoms with van der Waals surface area (Å²) in [6, 6.07) is 16.8. The molecule has 10 heteroatoms. The Labute approximate surface area is 249 Å². The Morgan fingerprint density at radius 3 is 1.71 bits per heavy atom. The molecule has 3 aliphatic rings. The van der Waals surface area contributed by atoms with Crippen LogP contribution in [0, 0.1) is 0 Å². The van der Waals surface area contributed by atoms with Crippen LogP contribution in [0.25, 0.3) is 0 Å². The number of benzene rings is 2. The molecule has 2 saturated carbocycles. The number of amides is 1. The van der Waals surface area contributed by atoms with Gasteiger partial charge in [-0.2, -0.15) is 5.09 Å². The van der Waals surface area contributed by atoms with Crippen LogP contribution < -0.4 is 19.5 Å². The lowest BCUT2D eigenvalue weighted by Crippen LogP contribution is -2.48. The van der Waals surface area contributed by atoms with E-state index in [1.54, 1.807) is 60.7 Å². The molecule has 5 rings (SSSR count). The van der Waals surface area contributed by atoms with Crippen molar-refractivity contribution < 1.29 is 28.3 Å². The summed E-state index contributed by atoms with van der Waals surface area (Å²) in [5.41, 5.74) is 0. The number of nitrogens with one attached hydrogen (secondary N) is 2. The average Bonchev–Trinajstić information content (AvgIpc) is 3.50. The molecule has 0 unspecified atom stereocenters. The van der Waals surface area contributed by atoms with Gasteiger partial charge in [0.05, 0.1) is 6.04 Å². The van der Waals surface area contributed by atoms with Crippen LogP contribution in [0.2, 0.25) is 0 Å². The second-order valence-electron chi connectivity index (χ2n) is 11.5. The summed E-state index contributed by atoms with van der Waals surface area (Å²) >= 11 is 0. The van der Waals surface area contributed by atoms with E-state index < -0.39 is 31.7 Å². The molecule has 0 aromatic heterocycles. The van der Waals surface area contributed by atoms with Crippen molar-refractivity contribution in [3.8, 4) is 11.5 Å². The smallest absolute Gasteiger partial charge is 0.480 e. The molecule has 2 aromatic carbocycles. The number of hydrogen-bond donors (Lipinski definition) is 3. The molecule has 3 N–H and O–H groups in total. The van der Waals surface area contributed by atoms with Gasteiger partial charge in [0.1, 0.15) is 17.5 Å². The maximum absolute atomic E-state index is 13.5. The number of carbonyl (C=O) groups excluding carboxylic acids is 1. The maximum Gasteiger partial charge on any atom is 0.513 e. The highest BCUT2D eigenvalue weighted by molar-refractivity contribution is 7.52. The Kier molecular flexibility index (Phi) is 12.3. The van der Waals surface area contributed by atoms with E-state index in [1.807, 2.05) is 0 Å². The first-order valence-electron chi connectivity index (χ1n) is 15.5. The van der Waals surface area contributed by atoms with Crippen molar-refractivity contribution >= 4 is 19.6 Å². The van der Waals surface area contributed by atoms with Crippen LogP contribution in [0.1, 0.15) is 84.0 Å². The number of carbonyl (C=O) groups is 2. The Morgan fingerprint density at radius 2 is 1.26 bits per heavy atom. The predicted molar refractivity (Wildman–Crippen MR) is 164 cm³/mol. The highest BCUT2D eigenvalue weighted by Gasteiger charge is 2.39. The van der Waals surface area contributed by atoms with Gasteiger partial charge in [-0.25, -0.2) is 9.36 Å². The van der Waals surface area contributed by atoms with Crippen LogP contribution in [0.15, 0.2) is 60.7 Å². The van der Waals surface area contributed by atoms with Gasteiger partial charge in [-0.3, -0.25) is 4.79 Å². The monoisotopic (exact) mass is 599 g/mol. The summed E-state index contributed by atoms with van der Waals surface area (Å²) < 4.78 is 24.7. The highest BCUT2D eigenvalue weighted by atomic mass is 31.2. The van der Waals surface area contributed by atoms with E-state index in [2.05, 4.69) is 10.4 Å². The molecule has 230 valence electrons. The fraction of sp³-hybridized carbons (Fsp3) is 0.562. The molecular formula is C32H46N3O6P. The van der Waals surface area contributed by atoms with Crippen LogP contribution >= 0.6 is 7.75 Å². The number of carboxylic acid groups (broad SMARTS) is 1. The summed E-state index contributed by atoms with van der Waals surface area (Å²) in [4.78, 5) is 25.5. The first-order chi connectivity index (χ1) is 20.3. The van der Waals surface area contributed by atoms with E-state index in [0.717, 1.165) is 12.1 Å². The van der Waals surface area contributed by atoms with E-state index in [9.17, 15) is 19.3 Å². The molecule has 0 radical (unpaired) electrons. The number of aliphatic carboxylic acids is 1. The Hall–Kier alpha value is -2.87. The zero-order valence-electron chi connectivity index (χ0n) is 24.7. The fourth-order valence-corrected chi connectivity index (χ4v) is 7.54. The predicted octanol–water partition coefficient (Wildman–Crippen LogP) is 6.55. The van der Waals surface area contributed by atoms with Crippen molar-refractivity contribution in [1.29, 1.82) is 0 Å². The third kappa shape index (κ3) is 9.85. The summed E-state index contributed by atoms with van der Waals surface area (Å²) in [6.07, 6.45) is 15.6. The van der Waals surface area contributed by atoms with E-state index >= 15 is 0 Å². The SMILES string of the molecule is C1CCC(NC2CCCCC2)CC1.C[C@H](NP(=O)(Oc1ccccc1)Oc1ccccc1)C(=O)N1CCC[C@H]1C(=O)O. The van der Waals surface area contributed by atoms with Gasteiger partial charge in [0.25, 0.3) is 0 Å². The van der Waals surface area contributed by atoms with Gasteiger partial charge in [-0.15, -0.1) is 0 Å². The second-order valence-corrected chi connectivity index (χ2v) is 13.1. The van der Waals surface area contributed by atoms with Crippen LogP contribution in [0.5, 0.6) is 11.5 Å². The van der Waals surface area contributed by atoms with Gasteiger partial charge >= 0.3 is 13.7 Å². The van der Waals surface area contributed by atoms with Gasteiger partial charge in [0.2, 0.25) is 5.91 Å². The molecule has 2 aromatic rings. The number of para-hydroxylation sites is 2. The molecule has 1 heterocycles. The Balaban J connectivity index is 0.000000258. The highest BCUT2D eigenvalue weighted by Crippen LogP contribution is 2.45. The average molecular weight is 600 g/mol. The lowest BCUT2D eigenvalue weighted by Gasteiger charge is -2.30. The first-order valence-corrected chi connectivity index (χ1v) is 17.0. The van der Waals surface area contributed by atoms with Gasteiger partial charge in [-0.05, 0) is 69.7 Å². The van der Waals surface area contributed by atoms with Crippen molar-refractivity contribution in [3.05, 3.63) is 60.7 Å². The lowest BCUT2D eigenvalue weighted by molar-refractivity contribution is -0.148. The second kappa shape index (κ2) is 16.1. The van der Waals surface area contributed by atoms with Gasteiger partial charge in [0.15, 0.2) is 0 Å². The summed E-state index contributed by atoms with van der Waals surface area (Å²) in [6.45, 7) is 1.85. The first kappa shape index (κ1) is 32.1.